The Morgan fingerprint density at radius 3 is 2.94 bits per heavy atom. The molecule has 90 valence electrons. The van der Waals surface area contributed by atoms with E-state index in [4.69, 9.17) is 5.21 Å². The molecule has 0 unspecified atom stereocenters. The largest absolute Gasteiger partial charge is 0.411 e. The Balaban J connectivity index is 2.81. The Labute approximate surface area is 97.4 Å². The highest BCUT2D eigenvalue weighted by Crippen LogP contribution is 2.16. The van der Waals surface area contributed by atoms with Crippen LogP contribution in [0.1, 0.15) is 19.5 Å². The molecule has 9 heteroatoms. The molecular formula is C7H12N4O3S2. The summed E-state index contributed by atoms with van der Waals surface area (Å²) < 4.78 is 27.1. The summed E-state index contributed by atoms with van der Waals surface area (Å²) in [5.41, 5.74) is 0.756. The summed E-state index contributed by atoms with van der Waals surface area (Å²) in [5.74, 6) is 0. The Hall–Kier alpha value is -1.19. The van der Waals surface area contributed by atoms with Crippen molar-refractivity contribution >= 4 is 32.4 Å². The van der Waals surface area contributed by atoms with Gasteiger partial charge in [-0.05, 0) is 6.92 Å². The van der Waals surface area contributed by atoms with Gasteiger partial charge >= 0.3 is 10.2 Å². The summed E-state index contributed by atoms with van der Waals surface area (Å²) in [5, 5.41) is 13.3. The number of oxime groups is 1. The number of aromatic nitrogens is 1. The lowest BCUT2D eigenvalue weighted by atomic mass is 10.3. The third-order valence-corrected chi connectivity index (χ3v) is 3.60. The van der Waals surface area contributed by atoms with Crippen molar-refractivity contribution in [3.63, 3.8) is 0 Å². The molecule has 0 atom stereocenters. The van der Waals surface area contributed by atoms with E-state index in [-0.39, 0.29) is 5.13 Å². The van der Waals surface area contributed by atoms with Gasteiger partial charge in [-0.25, -0.2) is 9.71 Å². The molecule has 0 aliphatic heterocycles. The zero-order chi connectivity index (χ0) is 12.2. The first-order valence-corrected chi connectivity index (χ1v) is 6.76. The summed E-state index contributed by atoms with van der Waals surface area (Å²) in [6, 6.07) is 0. The van der Waals surface area contributed by atoms with Crippen LogP contribution in [0.15, 0.2) is 10.5 Å². The standard InChI is InChI=1S/C7H12N4O3S2/c1-3-8-16(13,14)11-7-9-6(4-15-7)5(2)10-12/h4,8,12H,3H2,1-2H3,(H,9,11). The summed E-state index contributed by atoms with van der Waals surface area (Å²) >= 11 is 1.11. The Morgan fingerprint density at radius 1 is 1.69 bits per heavy atom. The van der Waals surface area contributed by atoms with Crippen LogP contribution in [0.4, 0.5) is 5.13 Å². The van der Waals surface area contributed by atoms with Gasteiger partial charge in [-0.15, -0.1) is 11.3 Å². The van der Waals surface area contributed by atoms with E-state index in [1.165, 1.54) is 0 Å². The maximum absolute atomic E-state index is 11.3. The molecule has 0 fully saturated rings. The minimum absolute atomic E-state index is 0.221. The van der Waals surface area contributed by atoms with Crippen molar-refractivity contribution in [1.29, 1.82) is 0 Å². The minimum Gasteiger partial charge on any atom is -0.411 e. The Morgan fingerprint density at radius 2 is 2.38 bits per heavy atom. The van der Waals surface area contributed by atoms with Crippen LogP contribution in [-0.4, -0.2) is 30.9 Å². The predicted octanol–water partition coefficient (Wildman–Crippen LogP) is 0.607. The fraction of sp³-hybridized carbons (Fsp3) is 0.429. The number of thiazole rings is 1. The molecule has 0 amide bonds. The van der Waals surface area contributed by atoms with Crippen molar-refractivity contribution in [3.05, 3.63) is 11.1 Å². The quantitative estimate of drug-likeness (QED) is 0.411. The zero-order valence-electron chi connectivity index (χ0n) is 8.76. The van der Waals surface area contributed by atoms with Gasteiger partial charge in [0.15, 0.2) is 5.13 Å². The van der Waals surface area contributed by atoms with E-state index < -0.39 is 10.2 Å². The number of rotatable bonds is 5. The molecule has 0 aromatic carbocycles. The summed E-state index contributed by atoms with van der Waals surface area (Å²) in [6.07, 6.45) is 0. The van der Waals surface area contributed by atoms with E-state index in [0.717, 1.165) is 11.3 Å². The lowest BCUT2D eigenvalue weighted by Crippen LogP contribution is -2.29. The molecule has 1 aromatic heterocycles. The maximum Gasteiger partial charge on any atom is 0.300 e. The molecule has 3 N–H and O–H groups in total. The zero-order valence-corrected chi connectivity index (χ0v) is 10.4. The molecule has 0 saturated heterocycles. The highest BCUT2D eigenvalue weighted by molar-refractivity contribution is 7.91. The van der Waals surface area contributed by atoms with Crippen LogP contribution in [0.2, 0.25) is 0 Å². The van der Waals surface area contributed by atoms with E-state index in [2.05, 4.69) is 19.6 Å². The molecule has 7 nitrogen and oxygen atoms in total. The van der Waals surface area contributed by atoms with Crippen molar-refractivity contribution in [2.45, 2.75) is 13.8 Å². The second kappa shape index (κ2) is 5.23. The molecular weight excluding hydrogens is 252 g/mol. The van der Waals surface area contributed by atoms with Gasteiger partial charge in [0.1, 0.15) is 11.4 Å². The molecule has 1 aromatic rings. The molecule has 0 bridgehead atoms. The van der Waals surface area contributed by atoms with Gasteiger partial charge < -0.3 is 5.21 Å². The average Bonchev–Trinajstić information content (AvgIpc) is 2.64. The summed E-state index contributed by atoms with van der Waals surface area (Å²) in [7, 11) is -3.56. The minimum atomic E-state index is -3.56. The van der Waals surface area contributed by atoms with Crippen LogP contribution in [0.25, 0.3) is 0 Å². The first-order chi connectivity index (χ1) is 7.48. The first-order valence-electron chi connectivity index (χ1n) is 4.40. The number of anilines is 1. The van der Waals surface area contributed by atoms with Gasteiger partial charge in [-0.2, -0.15) is 13.1 Å². The molecule has 16 heavy (non-hydrogen) atoms. The maximum atomic E-state index is 11.3. The van der Waals surface area contributed by atoms with E-state index in [0.29, 0.717) is 18.0 Å². The van der Waals surface area contributed by atoms with Crippen LogP contribution < -0.4 is 9.44 Å². The van der Waals surface area contributed by atoms with Crippen LogP contribution >= 0.6 is 11.3 Å². The number of nitrogens with one attached hydrogen (secondary N) is 2. The SMILES string of the molecule is CCNS(=O)(=O)Nc1nc(C(C)=NO)cs1. The molecule has 0 saturated carbocycles. The van der Waals surface area contributed by atoms with E-state index >= 15 is 0 Å². The molecule has 0 radical (unpaired) electrons. The third kappa shape index (κ3) is 3.43. The average molecular weight is 264 g/mol. The monoisotopic (exact) mass is 264 g/mol. The van der Waals surface area contributed by atoms with E-state index in [9.17, 15) is 8.42 Å². The number of hydrogen-bond acceptors (Lipinski definition) is 6. The smallest absolute Gasteiger partial charge is 0.300 e. The van der Waals surface area contributed by atoms with Crippen LogP contribution in [0.5, 0.6) is 0 Å². The van der Waals surface area contributed by atoms with E-state index in [1.54, 1.807) is 19.2 Å². The van der Waals surface area contributed by atoms with Crippen molar-refractivity contribution in [2.75, 3.05) is 11.3 Å². The highest BCUT2D eigenvalue weighted by Gasteiger charge is 2.11. The Bertz CT molecular complexity index is 480. The normalized spacial score (nSPS) is 12.8. The van der Waals surface area contributed by atoms with Crippen LogP contribution in [-0.2, 0) is 10.2 Å². The first kappa shape index (κ1) is 12.9. The third-order valence-electron chi connectivity index (χ3n) is 1.58. The molecule has 1 rings (SSSR count). The second-order valence-corrected chi connectivity index (χ2v) is 5.18. The topological polar surface area (TPSA) is 104 Å². The van der Waals surface area contributed by atoms with Crippen molar-refractivity contribution < 1.29 is 13.6 Å². The van der Waals surface area contributed by atoms with Gasteiger partial charge in [-0.1, -0.05) is 12.1 Å². The molecule has 0 spiro atoms. The van der Waals surface area contributed by atoms with E-state index in [1.807, 2.05) is 0 Å². The van der Waals surface area contributed by atoms with Crippen molar-refractivity contribution in [3.8, 4) is 0 Å². The molecule has 0 aliphatic rings. The van der Waals surface area contributed by atoms with Gasteiger partial charge in [0, 0.05) is 11.9 Å². The van der Waals surface area contributed by atoms with Crippen LogP contribution in [0, 0.1) is 0 Å². The molecule has 1 heterocycles. The van der Waals surface area contributed by atoms with Gasteiger partial charge in [0.05, 0.1) is 0 Å². The van der Waals surface area contributed by atoms with Gasteiger partial charge in [-0.3, -0.25) is 0 Å². The Kier molecular flexibility index (Phi) is 4.21. The van der Waals surface area contributed by atoms with Crippen molar-refractivity contribution in [1.82, 2.24) is 9.71 Å². The fourth-order valence-electron chi connectivity index (χ4n) is 0.879. The summed E-state index contributed by atoms with van der Waals surface area (Å²) in [6.45, 7) is 3.54. The lowest BCUT2D eigenvalue weighted by Gasteiger charge is -2.03. The summed E-state index contributed by atoms with van der Waals surface area (Å²) in [4.78, 5) is 3.95. The van der Waals surface area contributed by atoms with Gasteiger partial charge in [0.2, 0.25) is 0 Å². The lowest BCUT2D eigenvalue weighted by molar-refractivity contribution is 0.319. The predicted molar refractivity (Wildman–Crippen MR) is 62.3 cm³/mol. The van der Waals surface area contributed by atoms with Crippen molar-refractivity contribution in [2.24, 2.45) is 5.16 Å². The highest BCUT2D eigenvalue weighted by atomic mass is 32.2. The number of nitrogens with zero attached hydrogens (tertiary/aromatic N) is 2. The number of hydrogen-bond donors (Lipinski definition) is 3. The van der Waals surface area contributed by atoms with Gasteiger partial charge in [0.25, 0.3) is 0 Å². The fourth-order valence-corrected chi connectivity index (χ4v) is 2.73. The molecule has 0 aliphatic carbocycles. The second-order valence-electron chi connectivity index (χ2n) is 2.83. The van der Waals surface area contributed by atoms with Crippen LogP contribution in [0.3, 0.4) is 0 Å².